The zero-order valence-corrected chi connectivity index (χ0v) is 17.1. The lowest BCUT2D eigenvalue weighted by molar-refractivity contribution is -0.155. The molecule has 3 aromatic rings. The standard InChI is InChI=1S/C24H22FN3O4/c25-20-6-2-1-4-18(20)13-28-21(14-32-15-22(28)29)23(30)16-7-9-19(10-8-16)27-24(31)17-5-3-11-26-12-17/h1-12,21,23,30H,13-15H2,(H,27,31)/t21-,23-/m1/s1. The zero-order valence-electron chi connectivity index (χ0n) is 17.1. The van der Waals surface area contributed by atoms with Gasteiger partial charge in [-0.2, -0.15) is 0 Å². The van der Waals surface area contributed by atoms with Crippen LogP contribution >= 0.6 is 0 Å². The van der Waals surface area contributed by atoms with Crippen LogP contribution in [0.4, 0.5) is 10.1 Å². The van der Waals surface area contributed by atoms with Crippen molar-refractivity contribution in [3.63, 3.8) is 0 Å². The van der Waals surface area contributed by atoms with E-state index in [1.54, 1.807) is 60.8 Å². The van der Waals surface area contributed by atoms with Gasteiger partial charge < -0.3 is 20.1 Å². The number of pyridine rings is 1. The van der Waals surface area contributed by atoms with E-state index in [1.807, 2.05) is 0 Å². The summed E-state index contributed by atoms with van der Waals surface area (Å²) < 4.78 is 19.5. The molecule has 0 spiro atoms. The Hall–Kier alpha value is -3.62. The minimum absolute atomic E-state index is 0.0375. The lowest BCUT2D eigenvalue weighted by Crippen LogP contribution is -2.51. The molecule has 32 heavy (non-hydrogen) atoms. The summed E-state index contributed by atoms with van der Waals surface area (Å²) in [5, 5.41) is 13.7. The number of aliphatic hydroxyl groups is 1. The minimum atomic E-state index is -1.05. The largest absolute Gasteiger partial charge is 0.386 e. The van der Waals surface area contributed by atoms with E-state index < -0.39 is 18.0 Å². The number of hydrogen-bond donors (Lipinski definition) is 2. The van der Waals surface area contributed by atoms with Crippen LogP contribution in [0.1, 0.15) is 27.6 Å². The van der Waals surface area contributed by atoms with Gasteiger partial charge in [0.25, 0.3) is 5.91 Å². The molecule has 1 aromatic heterocycles. The number of hydrogen-bond acceptors (Lipinski definition) is 5. The van der Waals surface area contributed by atoms with Crippen LogP contribution in [-0.2, 0) is 16.1 Å². The highest BCUT2D eigenvalue weighted by atomic mass is 19.1. The van der Waals surface area contributed by atoms with E-state index in [4.69, 9.17) is 4.74 Å². The topological polar surface area (TPSA) is 91.8 Å². The molecule has 2 amide bonds. The summed E-state index contributed by atoms with van der Waals surface area (Å²) in [6.45, 7) is 0.0493. The maximum atomic E-state index is 14.1. The number of ether oxygens (including phenoxy) is 1. The van der Waals surface area contributed by atoms with E-state index in [9.17, 15) is 19.1 Å². The molecule has 2 aromatic carbocycles. The smallest absolute Gasteiger partial charge is 0.257 e. The van der Waals surface area contributed by atoms with Crippen molar-refractivity contribution in [3.8, 4) is 0 Å². The number of anilines is 1. The van der Waals surface area contributed by atoms with Gasteiger partial charge in [-0.1, -0.05) is 30.3 Å². The molecule has 8 heteroatoms. The second-order valence-corrected chi connectivity index (χ2v) is 7.46. The number of amides is 2. The SMILES string of the molecule is O=C(Nc1ccc([C@@H](O)[C@H]2COCC(=O)N2Cc2ccccc2F)cc1)c1cccnc1. The monoisotopic (exact) mass is 435 g/mol. The fourth-order valence-corrected chi connectivity index (χ4v) is 3.59. The predicted octanol–water partition coefficient (Wildman–Crippen LogP) is 2.93. The van der Waals surface area contributed by atoms with Crippen LogP contribution in [0.3, 0.4) is 0 Å². The molecule has 0 unspecified atom stereocenters. The maximum Gasteiger partial charge on any atom is 0.257 e. The number of aromatic nitrogens is 1. The summed E-state index contributed by atoms with van der Waals surface area (Å²) in [5.41, 5.74) is 1.90. The van der Waals surface area contributed by atoms with Gasteiger partial charge in [-0.05, 0) is 35.9 Å². The maximum absolute atomic E-state index is 14.1. The van der Waals surface area contributed by atoms with Crippen molar-refractivity contribution in [2.24, 2.45) is 0 Å². The van der Waals surface area contributed by atoms with Gasteiger partial charge in [0, 0.05) is 30.2 Å². The fraction of sp³-hybridized carbons (Fsp3) is 0.208. The number of carbonyl (C=O) groups is 2. The summed E-state index contributed by atoms with van der Waals surface area (Å²) >= 11 is 0. The summed E-state index contributed by atoms with van der Waals surface area (Å²) in [5.74, 6) is -1.02. The third-order valence-corrected chi connectivity index (χ3v) is 5.33. The minimum Gasteiger partial charge on any atom is -0.386 e. The fourth-order valence-electron chi connectivity index (χ4n) is 3.59. The molecule has 0 aliphatic carbocycles. The first kappa shape index (κ1) is 21.6. The number of nitrogens with one attached hydrogen (secondary N) is 1. The van der Waals surface area contributed by atoms with Gasteiger partial charge in [-0.15, -0.1) is 0 Å². The molecule has 7 nitrogen and oxygen atoms in total. The van der Waals surface area contributed by atoms with Crippen LogP contribution in [0.15, 0.2) is 73.1 Å². The second kappa shape index (κ2) is 9.67. The number of aliphatic hydroxyl groups excluding tert-OH is 1. The Balaban J connectivity index is 1.48. The molecule has 1 saturated heterocycles. The van der Waals surface area contributed by atoms with E-state index in [0.29, 0.717) is 22.4 Å². The molecule has 4 rings (SSSR count). The van der Waals surface area contributed by atoms with E-state index in [1.165, 1.54) is 17.2 Å². The van der Waals surface area contributed by atoms with Crippen LogP contribution in [0.5, 0.6) is 0 Å². The quantitative estimate of drug-likeness (QED) is 0.621. The Morgan fingerprint density at radius 1 is 1.19 bits per heavy atom. The van der Waals surface area contributed by atoms with Gasteiger partial charge in [0.2, 0.25) is 5.91 Å². The number of carbonyl (C=O) groups excluding carboxylic acids is 2. The molecule has 1 aliphatic rings. The van der Waals surface area contributed by atoms with E-state index in [-0.39, 0.29) is 31.6 Å². The van der Waals surface area contributed by atoms with Gasteiger partial charge >= 0.3 is 0 Å². The molecule has 0 saturated carbocycles. The van der Waals surface area contributed by atoms with Gasteiger partial charge in [-0.3, -0.25) is 14.6 Å². The van der Waals surface area contributed by atoms with Crippen molar-refractivity contribution in [3.05, 3.63) is 95.6 Å². The average Bonchev–Trinajstić information content (AvgIpc) is 2.82. The summed E-state index contributed by atoms with van der Waals surface area (Å²) in [7, 11) is 0. The van der Waals surface area contributed by atoms with Crippen LogP contribution < -0.4 is 5.32 Å². The molecule has 2 heterocycles. The highest BCUT2D eigenvalue weighted by Gasteiger charge is 2.35. The predicted molar refractivity (Wildman–Crippen MR) is 115 cm³/mol. The van der Waals surface area contributed by atoms with Crippen molar-refractivity contribution in [2.45, 2.75) is 18.7 Å². The summed E-state index contributed by atoms with van der Waals surface area (Å²) in [6, 6.07) is 15.6. The van der Waals surface area contributed by atoms with Crippen LogP contribution in [-0.4, -0.2) is 46.1 Å². The Morgan fingerprint density at radius 2 is 1.97 bits per heavy atom. The lowest BCUT2D eigenvalue weighted by atomic mass is 9.99. The molecule has 0 bridgehead atoms. The molecular formula is C24H22FN3O4. The van der Waals surface area contributed by atoms with E-state index in [2.05, 4.69) is 10.3 Å². The Labute approximate surface area is 184 Å². The second-order valence-electron chi connectivity index (χ2n) is 7.46. The van der Waals surface area contributed by atoms with Crippen LogP contribution in [0.2, 0.25) is 0 Å². The molecule has 2 atom stereocenters. The number of rotatable bonds is 6. The zero-order chi connectivity index (χ0) is 22.5. The summed E-state index contributed by atoms with van der Waals surface area (Å²) in [6.07, 6.45) is 2.01. The normalized spacial score (nSPS) is 17.1. The highest BCUT2D eigenvalue weighted by molar-refractivity contribution is 6.04. The number of nitrogens with zero attached hydrogens (tertiary/aromatic N) is 2. The van der Waals surface area contributed by atoms with Crippen LogP contribution in [0, 0.1) is 5.82 Å². The number of morpholine rings is 1. The van der Waals surface area contributed by atoms with Gasteiger partial charge in [0.15, 0.2) is 0 Å². The van der Waals surface area contributed by atoms with Crippen molar-refractivity contribution in [1.29, 1.82) is 0 Å². The molecule has 2 N–H and O–H groups in total. The first-order chi connectivity index (χ1) is 15.5. The van der Waals surface area contributed by atoms with Crippen molar-refractivity contribution < 1.29 is 23.8 Å². The van der Waals surface area contributed by atoms with Crippen molar-refractivity contribution in [2.75, 3.05) is 18.5 Å². The molecule has 164 valence electrons. The molecular weight excluding hydrogens is 413 g/mol. The van der Waals surface area contributed by atoms with E-state index >= 15 is 0 Å². The van der Waals surface area contributed by atoms with Crippen molar-refractivity contribution >= 4 is 17.5 Å². The number of benzene rings is 2. The van der Waals surface area contributed by atoms with Crippen LogP contribution in [0.25, 0.3) is 0 Å². The molecule has 0 radical (unpaired) electrons. The number of halogens is 1. The lowest BCUT2D eigenvalue weighted by Gasteiger charge is -2.38. The highest BCUT2D eigenvalue weighted by Crippen LogP contribution is 2.27. The van der Waals surface area contributed by atoms with Gasteiger partial charge in [-0.25, -0.2) is 4.39 Å². The molecule has 1 aliphatic heterocycles. The Morgan fingerprint density at radius 3 is 2.69 bits per heavy atom. The van der Waals surface area contributed by atoms with Crippen molar-refractivity contribution in [1.82, 2.24) is 9.88 Å². The van der Waals surface area contributed by atoms with E-state index in [0.717, 1.165) is 0 Å². The Kier molecular flexibility index (Phi) is 6.53. The van der Waals surface area contributed by atoms with Gasteiger partial charge in [0.1, 0.15) is 18.5 Å². The van der Waals surface area contributed by atoms with Gasteiger partial charge in [0.05, 0.1) is 18.2 Å². The third kappa shape index (κ3) is 4.82. The molecule has 1 fully saturated rings. The average molecular weight is 435 g/mol. The first-order valence-electron chi connectivity index (χ1n) is 10.1. The summed E-state index contributed by atoms with van der Waals surface area (Å²) in [4.78, 5) is 30.1. The Bertz CT molecular complexity index is 1090. The third-order valence-electron chi connectivity index (χ3n) is 5.33. The first-order valence-corrected chi connectivity index (χ1v) is 10.1.